The lowest BCUT2D eigenvalue weighted by Crippen LogP contribution is -2.11. The number of hydrogen-bond donors (Lipinski definition) is 1. The predicted octanol–water partition coefficient (Wildman–Crippen LogP) is 4.72. The van der Waals surface area contributed by atoms with E-state index in [1.54, 1.807) is 0 Å². The van der Waals surface area contributed by atoms with Gasteiger partial charge in [0, 0.05) is 23.2 Å². The number of anilines is 1. The van der Waals surface area contributed by atoms with E-state index in [0.717, 1.165) is 33.7 Å². The first-order valence-electron chi connectivity index (χ1n) is 8.02. The van der Waals surface area contributed by atoms with Gasteiger partial charge in [-0.25, -0.2) is 9.97 Å². The van der Waals surface area contributed by atoms with Gasteiger partial charge < -0.3 is 10.1 Å². The number of alkyl halides is 2. The average Bonchev–Trinajstić information content (AvgIpc) is 2.93. The van der Waals surface area contributed by atoms with Crippen LogP contribution in [0.1, 0.15) is 33.7 Å². The molecule has 0 atom stereocenters. The van der Waals surface area contributed by atoms with E-state index in [4.69, 9.17) is 0 Å². The van der Waals surface area contributed by atoms with Gasteiger partial charge in [0.2, 0.25) is 0 Å². The molecule has 0 saturated heterocycles. The Balaban J connectivity index is 1.86. The Labute approximate surface area is 153 Å². The minimum Gasteiger partial charge on any atom is -0.435 e. The fraction of sp³-hybridized carbons (Fsp3) is 0.278. The van der Waals surface area contributed by atoms with Crippen molar-refractivity contribution in [3.8, 4) is 5.75 Å². The van der Waals surface area contributed by atoms with Crippen LogP contribution < -0.4 is 10.1 Å². The second-order valence-electron chi connectivity index (χ2n) is 5.67. The number of carbonyl (C=O) groups excluding carboxylic acids is 1. The summed E-state index contributed by atoms with van der Waals surface area (Å²) < 4.78 is 28.7. The minimum absolute atomic E-state index is 0.0361. The molecule has 0 aliphatic carbocycles. The first-order chi connectivity index (χ1) is 12.4. The summed E-state index contributed by atoms with van der Waals surface area (Å²) in [5.41, 5.74) is 2.18. The second-order valence-corrected chi connectivity index (χ2v) is 6.67. The second kappa shape index (κ2) is 7.33. The van der Waals surface area contributed by atoms with Gasteiger partial charge in [-0.2, -0.15) is 8.78 Å². The summed E-state index contributed by atoms with van der Waals surface area (Å²) in [4.78, 5) is 22.9. The fourth-order valence-corrected chi connectivity index (χ4v) is 3.82. The maximum Gasteiger partial charge on any atom is 0.387 e. The average molecular weight is 377 g/mol. The SMILES string of the molecule is CCc1nc(C)c2c(C)c(C(=O)Nc3ccc(OC(F)F)cc3)sc2n1. The molecule has 0 aliphatic rings. The zero-order chi connectivity index (χ0) is 18.8. The lowest BCUT2D eigenvalue weighted by Gasteiger charge is -2.07. The summed E-state index contributed by atoms with van der Waals surface area (Å²) in [6.45, 7) is 2.88. The maximum absolute atomic E-state index is 12.6. The number of fused-ring (bicyclic) bond motifs is 1. The van der Waals surface area contributed by atoms with Crippen molar-refractivity contribution in [1.29, 1.82) is 0 Å². The number of halogens is 2. The number of rotatable bonds is 5. The molecule has 1 aromatic carbocycles. The largest absolute Gasteiger partial charge is 0.435 e. The Morgan fingerprint density at radius 2 is 1.92 bits per heavy atom. The number of nitrogens with one attached hydrogen (secondary N) is 1. The quantitative estimate of drug-likeness (QED) is 0.698. The van der Waals surface area contributed by atoms with Crippen LogP contribution in [0, 0.1) is 13.8 Å². The van der Waals surface area contributed by atoms with Gasteiger partial charge in [-0.3, -0.25) is 4.79 Å². The molecule has 136 valence electrons. The summed E-state index contributed by atoms with van der Waals surface area (Å²) in [5, 5.41) is 3.67. The number of ether oxygens (including phenoxy) is 1. The normalized spacial score (nSPS) is 11.2. The molecule has 26 heavy (non-hydrogen) atoms. The smallest absolute Gasteiger partial charge is 0.387 e. The molecular formula is C18H17F2N3O2S. The van der Waals surface area contributed by atoms with Crippen molar-refractivity contribution >= 4 is 33.1 Å². The maximum atomic E-state index is 12.6. The van der Waals surface area contributed by atoms with Crippen LogP contribution in [-0.2, 0) is 6.42 Å². The molecule has 0 aliphatic heterocycles. The number of aryl methyl sites for hydroxylation is 3. The van der Waals surface area contributed by atoms with Crippen molar-refractivity contribution in [1.82, 2.24) is 9.97 Å². The molecule has 0 saturated carbocycles. The number of hydrogen-bond acceptors (Lipinski definition) is 5. The van der Waals surface area contributed by atoms with Crippen molar-refractivity contribution in [2.45, 2.75) is 33.8 Å². The highest BCUT2D eigenvalue weighted by molar-refractivity contribution is 7.20. The van der Waals surface area contributed by atoms with Crippen LogP contribution in [0.4, 0.5) is 14.5 Å². The topological polar surface area (TPSA) is 64.1 Å². The van der Waals surface area contributed by atoms with Gasteiger partial charge in [-0.1, -0.05) is 6.92 Å². The number of carbonyl (C=O) groups is 1. The van der Waals surface area contributed by atoms with Gasteiger partial charge in [-0.05, 0) is 43.7 Å². The van der Waals surface area contributed by atoms with Gasteiger partial charge in [0.15, 0.2) is 0 Å². The lowest BCUT2D eigenvalue weighted by molar-refractivity contribution is -0.0498. The number of aromatic nitrogens is 2. The third-order valence-electron chi connectivity index (χ3n) is 3.88. The molecule has 8 heteroatoms. The van der Waals surface area contributed by atoms with Crippen LogP contribution in [0.3, 0.4) is 0 Å². The van der Waals surface area contributed by atoms with E-state index in [9.17, 15) is 13.6 Å². The van der Waals surface area contributed by atoms with Crippen molar-refractivity contribution < 1.29 is 18.3 Å². The molecular weight excluding hydrogens is 360 g/mol. The summed E-state index contributed by atoms with van der Waals surface area (Å²) >= 11 is 1.32. The Bertz CT molecular complexity index is 955. The third-order valence-corrected chi connectivity index (χ3v) is 5.06. The summed E-state index contributed by atoms with van der Waals surface area (Å²) in [6.07, 6.45) is 0.724. The molecule has 0 spiro atoms. The first-order valence-corrected chi connectivity index (χ1v) is 8.83. The summed E-state index contributed by atoms with van der Waals surface area (Å²) in [5.74, 6) is 0.511. The van der Waals surface area contributed by atoms with E-state index >= 15 is 0 Å². The number of benzene rings is 1. The van der Waals surface area contributed by atoms with Crippen molar-refractivity contribution in [3.63, 3.8) is 0 Å². The highest BCUT2D eigenvalue weighted by Gasteiger charge is 2.19. The molecule has 0 radical (unpaired) electrons. The highest BCUT2D eigenvalue weighted by Crippen LogP contribution is 2.32. The molecule has 2 heterocycles. The van der Waals surface area contributed by atoms with Crippen LogP contribution in [0.25, 0.3) is 10.2 Å². The van der Waals surface area contributed by atoms with Crippen LogP contribution in [0.15, 0.2) is 24.3 Å². The van der Waals surface area contributed by atoms with Gasteiger partial charge in [0.25, 0.3) is 5.91 Å². The zero-order valence-corrected chi connectivity index (χ0v) is 15.3. The standard InChI is InChI=1S/C18H17F2N3O2S/c1-4-13-21-10(3)14-9(2)15(26-17(14)23-13)16(24)22-11-5-7-12(8-6-11)25-18(19)20/h5-8,18H,4H2,1-3H3,(H,22,24). The molecule has 0 unspecified atom stereocenters. The van der Waals surface area contributed by atoms with Crippen LogP contribution in [-0.4, -0.2) is 22.5 Å². The van der Waals surface area contributed by atoms with Crippen LogP contribution in [0.5, 0.6) is 5.75 Å². The number of amides is 1. The predicted molar refractivity (Wildman–Crippen MR) is 97.3 cm³/mol. The number of thiophene rings is 1. The lowest BCUT2D eigenvalue weighted by atomic mass is 10.1. The molecule has 5 nitrogen and oxygen atoms in total. The zero-order valence-electron chi connectivity index (χ0n) is 14.5. The van der Waals surface area contributed by atoms with Crippen molar-refractivity contribution in [3.05, 3.63) is 46.2 Å². The summed E-state index contributed by atoms with van der Waals surface area (Å²) in [7, 11) is 0. The van der Waals surface area contributed by atoms with Gasteiger partial charge in [0.1, 0.15) is 16.4 Å². The van der Waals surface area contributed by atoms with E-state index in [1.165, 1.54) is 35.6 Å². The third kappa shape index (κ3) is 3.65. The Morgan fingerprint density at radius 3 is 2.54 bits per heavy atom. The van der Waals surface area contributed by atoms with Crippen molar-refractivity contribution in [2.75, 3.05) is 5.32 Å². The molecule has 3 rings (SSSR count). The van der Waals surface area contributed by atoms with E-state index in [2.05, 4.69) is 20.0 Å². The van der Waals surface area contributed by atoms with E-state index in [1.807, 2.05) is 20.8 Å². The monoisotopic (exact) mass is 377 g/mol. The molecule has 2 aromatic heterocycles. The Kier molecular flexibility index (Phi) is 5.13. The molecule has 0 fully saturated rings. The van der Waals surface area contributed by atoms with Crippen LogP contribution >= 0.6 is 11.3 Å². The summed E-state index contributed by atoms with van der Waals surface area (Å²) in [6, 6.07) is 5.78. The highest BCUT2D eigenvalue weighted by atomic mass is 32.1. The first kappa shape index (κ1) is 18.2. The fourth-order valence-electron chi connectivity index (χ4n) is 2.68. The minimum atomic E-state index is -2.88. The van der Waals surface area contributed by atoms with Crippen molar-refractivity contribution in [2.24, 2.45) is 0 Å². The van der Waals surface area contributed by atoms with Gasteiger partial charge >= 0.3 is 6.61 Å². The van der Waals surface area contributed by atoms with E-state index in [0.29, 0.717) is 10.6 Å². The number of nitrogens with zero attached hydrogens (tertiary/aromatic N) is 2. The molecule has 1 N–H and O–H groups in total. The van der Waals surface area contributed by atoms with Crippen LogP contribution in [0.2, 0.25) is 0 Å². The van der Waals surface area contributed by atoms with Gasteiger partial charge in [0.05, 0.1) is 4.88 Å². The van der Waals surface area contributed by atoms with E-state index in [-0.39, 0.29) is 11.7 Å². The molecule has 3 aromatic rings. The Morgan fingerprint density at radius 1 is 1.23 bits per heavy atom. The Hall–Kier alpha value is -2.61. The van der Waals surface area contributed by atoms with E-state index < -0.39 is 6.61 Å². The molecule has 0 bridgehead atoms. The molecule has 1 amide bonds. The van der Waals surface area contributed by atoms with Gasteiger partial charge in [-0.15, -0.1) is 11.3 Å².